The average molecular weight is 293 g/mol. The predicted molar refractivity (Wildman–Crippen MR) is 83.7 cm³/mol. The van der Waals surface area contributed by atoms with Gasteiger partial charge >= 0.3 is 0 Å². The zero-order chi connectivity index (χ0) is 15.1. The topological polar surface area (TPSA) is 39.7 Å². The van der Waals surface area contributed by atoms with Gasteiger partial charge < -0.3 is 19.5 Å². The number of nitrogens with one attached hydrogen (secondary N) is 1. The van der Waals surface area contributed by atoms with E-state index in [0.717, 1.165) is 43.9 Å². The molecule has 1 N–H and O–H groups in total. The molecule has 1 aromatic rings. The summed E-state index contributed by atoms with van der Waals surface area (Å²) in [5, 5.41) is 3.43. The molecule has 1 heterocycles. The van der Waals surface area contributed by atoms with Gasteiger partial charge in [0, 0.05) is 24.8 Å². The van der Waals surface area contributed by atoms with Crippen molar-refractivity contribution in [2.75, 3.05) is 26.9 Å². The van der Waals surface area contributed by atoms with E-state index in [9.17, 15) is 0 Å². The molecule has 21 heavy (non-hydrogen) atoms. The van der Waals surface area contributed by atoms with Crippen LogP contribution in [-0.2, 0) is 16.1 Å². The zero-order valence-corrected chi connectivity index (χ0v) is 13.4. The number of hydrogen-bond acceptors (Lipinski definition) is 4. The van der Waals surface area contributed by atoms with Gasteiger partial charge in [-0.3, -0.25) is 0 Å². The first-order valence-corrected chi connectivity index (χ1v) is 7.84. The highest BCUT2D eigenvalue weighted by Gasteiger charge is 2.16. The fourth-order valence-electron chi connectivity index (χ4n) is 2.65. The van der Waals surface area contributed by atoms with Gasteiger partial charge in [-0.25, -0.2) is 0 Å². The fourth-order valence-corrected chi connectivity index (χ4v) is 2.65. The first kappa shape index (κ1) is 16.3. The van der Waals surface area contributed by atoms with Crippen LogP contribution < -0.4 is 10.1 Å². The molecule has 4 heteroatoms. The van der Waals surface area contributed by atoms with Gasteiger partial charge in [-0.15, -0.1) is 0 Å². The fraction of sp³-hybridized carbons (Fsp3) is 0.647. The molecule has 1 unspecified atom stereocenters. The monoisotopic (exact) mass is 293 g/mol. The number of rotatable bonds is 7. The molecule has 0 aromatic heterocycles. The van der Waals surface area contributed by atoms with Crippen LogP contribution in [0.4, 0.5) is 0 Å². The van der Waals surface area contributed by atoms with E-state index in [-0.39, 0.29) is 0 Å². The highest BCUT2D eigenvalue weighted by Crippen LogP contribution is 2.25. The van der Waals surface area contributed by atoms with E-state index in [0.29, 0.717) is 18.8 Å². The molecule has 0 amide bonds. The molecule has 0 radical (unpaired) electrons. The second kappa shape index (κ2) is 8.37. The van der Waals surface area contributed by atoms with Gasteiger partial charge in [-0.05, 0) is 44.0 Å². The van der Waals surface area contributed by atoms with E-state index in [1.807, 2.05) is 6.07 Å². The summed E-state index contributed by atoms with van der Waals surface area (Å²) in [6.07, 6.45) is 2.27. The summed E-state index contributed by atoms with van der Waals surface area (Å²) in [6.45, 7) is 7.46. The molecule has 4 nitrogen and oxygen atoms in total. The van der Waals surface area contributed by atoms with Crippen LogP contribution in [0.5, 0.6) is 5.75 Å². The van der Waals surface area contributed by atoms with E-state index in [4.69, 9.17) is 14.2 Å². The third-order valence-electron chi connectivity index (χ3n) is 3.96. The highest BCUT2D eigenvalue weighted by molar-refractivity contribution is 5.38. The Morgan fingerprint density at radius 1 is 1.33 bits per heavy atom. The molecule has 118 valence electrons. The Bertz CT molecular complexity index is 430. The van der Waals surface area contributed by atoms with Crippen molar-refractivity contribution in [3.05, 3.63) is 29.3 Å². The molecular weight excluding hydrogens is 266 g/mol. The minimum Gasteiger partial charge on any atom is -0.496 e. The summed E-state index contributed by atoms with van der Waals surface area (Å²) in [6, 6.07) is 6.67. The minimum atomic E-state index is 0.304. The molecule has 2 rings (SSSR count). The Kier molecular flexibility index (Phi) is 6.49. The summed E-state index contributed by atoms with van der Waals surface area (Å²) >= 11 is 0. The van der Waals surface area contributed by atoms with Gasteiger partial charge in [0.1, 0.15) is 5.75 Å². The van der Waals surface area contributed by atoms with Crippen molar-refractivity contribution in [1.29, 1.82) is 0 Å². The van der Waals surface area contributed by atoms with Gasteiger partial charge in [0.05, 0.1) is 19.8 Å². The lowest BCUT2D eigenvalue weighted by atomic mass is 10.0. The third-order valence-corrected chi connectivity index (χ3v) is 3.96. The van der Waals surface area contributed by atoms with Crippen molar-refractivity contribution in [2.45, 2.75) is 45.4 Å². The SMILES string of the molecule is CCNC(C)c1ccc(OC)c(COC2CCOCC2)c1. The van der Waals surface area contributed by atoms with Crippen LogP contribution in [-0.4, -0.2) is 33.0 Å². The van der Waals surface area contributed by atoms with Crippen molar-refractivity contribution in [3.63, 3.8) is 0 Å². The second-order valence-electron chi connectivity index (χ2n) is 5.47. The standard InChI is InChI=1S/C17H27NO3/c1-4-18-13(2)14-5-6-17(19-3)15(11-14)12-21-16-7-9-20-10-8-16/h5-6,11,13,16,18H,4,7-10,12H2,1-3H3. The summed E-state index contributed by atoms with van der Waals surface area (Å²) < 4.78 is 16.8. The Hall–Kier alpha value is -1.10. The van der Waals surface area contributed by atoms with Crippen molar-refractivity contribution in [3.8, 4) is 5.75 Å². The number of hydrogen-bond donors (Lipinski definition) is 1. The van der Waals surface area contributed by atoms with E-state index in [2.05, 4.69) is 31.3 Å². The average Bonchev–Trinajstić information content (AvgIpc) is 2.54. The Labute approximate surface area is 127 Å². The van der Waals surface area contributed by atoms with Crippen LogP contribution in [0.2, 0.25) is 0 Å². The molecule has 1 saturated heterocycles. The van der Waals surface area contributed by atoms with Crippen molar-refractivity contribution in [1.82, 2.24) is 5.32 Å². The first-order valence-electron chi connectivity index (χ1n) is 7.84. The van der Waals surface area contributed by atoms with Crippen molar-refractivity contribution >= 4 is 0 Å². The van der Waals surface area contributed by atoms with Gasteiger partial charge in [-0.1, -0.05) is 13.0 Å². The van der Waals surface area contributed by atoms with Crippen LogP contribution in [0.15, 0.2) is 18.2 Å². The number of benzene rings is 1. The van der Waals surface area contributed by atoms with Gasteiger partial charge in [0.25, 0.3) is 0 Å². The molecule has 0 bridgehead atoms. The molecule has 0 saturated carbocycles. The lowest BCUT2D eigenvalue weighted by Crippen LogP contribution is -2.23. The van der Waals surface area contributed by atoms with Crippen LogP contribution in [0.3, 0.4) is 0 Å². The zero-order valence-electron chi connectivity index (χ0n) is 13.4. The summed E-state index contributed by atoms with van der Waals surface area (Å²) in [4.78, 5) is 0. The maximum Gasteiger partial charge on any atom is 0.124 e. The maximum atomic E-state index is 6.03. The number of methoxy groups -OCH3 is 1. The Balaban J connectivity index is 2.02. The van der Waals surface area contributed by atoms with Crippen LogP contribution in [0, 0.1) is 0 Å². The molecule has 1 aliphatic heterocycles. The minimum absolute atomic E-state index is 0.304. The maximum absolute atomic E-state index is 6.03. The van der Waals surface area contributed by atoms with Crippen molar-refractivity contribution in [2.24, 2.45) is 0 Å². The van der Waals surface area contributed by atoms with E-state index >= 15 is 0 Å². The predicted octanol–water partition coefficient (Wildman–Crippen LogP) is 3.06. The van der Waals surface area contributed by atoms with Gasteiger partial charge in [0.2, 0.25) is 0 Å². The Morgan fingerprint density at radius 2 is 2.10 bits per heavy atom. The largest absolute Gasteiger partial charge is 0.496 e. The van der Waals surface area contributed by atoms with Crippen LogP contribution in [0.25, 0.3) is 0 Å². The quantitative estimate of drug-likeness (QED) is 0.838. The summed E-state index contributed by atoms with van der Waals surface area (Å²) in [5.41, 5.74) is 2.38. The van der Waals surface area contributed by atoms with Crippen LogP contribution >= 0.6 is 0 Å². The smallest absolute Gasteiger partial charge is 0.124 e. The molecule has 1 atom stereocenters. The molecule has 1 fully saturated rings. The third kappa shape index (κ3) is 4.70. The Morgan fingerprint density at radius 3 is 2.76 bits per heavy atom. The highest BCUT2D eigenvalue weighted by atomic mass is 16.5. The van der Waals surface area contributed by atoms with E-state index in [1.165, 1.54) is 5.56 Å². The normalized spacial score (nSPS) is 17.7. The summed E-state index contributed by atoms with van der Waals surface area (Å²) in [5.74, 6) is 0.898. The molecule has 0 spiro atoms. The van der Waals surface area contributed by atoms with E-state index in [1.54, 1.807) is 7.11 Å². The van der Waals surface area contributed by atoms with Crippen LogP contribution in [0.1, 0.15) is 43.9 Å². The lowest BCUT2D eigenvalue weighted by Gasteiger charge is -2.23. The summed E-state index contributed by atoms with van der Waals surface area (Å²) in [7, 11) is 1.71. The first-order chi connectivity index (χ1) is 10.2. The second-order valence-corrected chi connectivity index (χ2v) is 5.47. The molecule has 1 aliphatic rings. The van der Waals surface area contributed by atoms with E-state index < -0.39 is 0 Å². The van der Waals surface area contributed by atoms with Gasteiger partial charge in [-0.2, -0.15) is 0 Å². The lowest BCUT2D eigenvalue weighted by molar-refractivity contribution is -0.0394. The van der Waals surface area contributed by atoms with Crippen molar-refractivity contribution < 1.29 is 14.2 Å². The molecule has 1 aromatic carbocycles. The molecular formula is C17H27NO3. The molecule has 0 aliphatic carbocycles. The number of ether oxygens (including phenoxy) is 3. The van der Waals surface area contributed by atoms with Gasteiger partial charge in [0.15, 0.2) is 0 Å².